The van der Waals surface area contributed by atoms with Gasteiger partial charge >= 0.3 is 0 Å². The van der Waals surface area contributed by atoms with E-state index in [1.807, 2.05) is 85.8 Å². The molecule has 148 valence electrons. The molecule has 0 bridgehead atoms. The molecular weight excluding hydrogens is 374 g/mol. The average Bonchev–Trinajstić information content (AvgIpc) is 2.78. The Kier molecular flexibility index (Phi) is 5.80. The highest BCUT2D eigenvalue weighted by molar-refractivity contribution is 6.06. The van der Waals surface area contributed by atoms with Gasteiger partial charge in [-0.3, -0.25) is 9.78 Å². The number of hydrazone groups is 1. The van der Waals surface area contributed by atoms with Crippen molar-refractivity contribution in [1.82, 2.24) is 10.4 Å². The van der Waals surface area contributed by atoms with E-state index in [0.717, 1.165) is 33.5 Å². The molecule has 5 heteroatoms. The van der Waals surface area contributed by atoms with E-state index >= 15 is 0 Å². The topological polar surface area (TPSA) is 63.6 Å². The van der Waals surface area contributed by atoms with Crippen molar-refractivity contribution in [3.05, 3.63) is 107 Å². The van der Waals surface area contributed by atoms with Gasteiger partial charge < -0.3 is 4.74 Å². The monoisotopic (exact) mass is 395 g/mol. The third kappa shape index (κ3) is 4.70. The quantitative estimate of drug-likeness (QED) is 0.374. The van der Waals surface area contributed by atoms with Crippen LogP contribution in [0.4, 0.5) is 0 Å². The van der Waals surface area contributed by atoms with Gasteiger partial charge in [-0.15, -0.1) is 0 Å². The largest absolute Gasteiger partial charge is 0.489 e. The number of nitrogens with zero attached hydrogens (tertiary/aromatic N) is 2. The molecule has 4 aromatic rings. The van der Waals surface area contributed by atoms with Crippen LogP contribution in [0.5, 0.6) is 5.75 Å². The van der Waals surface area contributed by atoms with E-state index < -0.39 is 0 Å². The third-order valence-corrected chi connectivity index (χ3v) is 4.60. The molecule has 0 aliphatic carbocycles. The van der Waals surface area contributed by atoms with Gasteiger partial charge in [0.2, 0.25) is 0 Å². The number of nitrogens with one attached hydrogen (secondary N) is 1. The van der Waals surface area contributed by atoms with Crippen molar-refractivity contribution in [2.45, 2.75) is 13.5 Å². The van der Waals surface area contributed by atoms with Crippen LogP contribution in [0.2, 0.25) is 0 Å². The lowest BCUT2D eigenvalue weighted by Crippen LogP contribution is -2.18. The molecule has 1 amide bonds. The van der Waals surface area contributed by atoms with Crippen LogP contribution in [0, 0.1) is 6.92 Å². The standard InChI is InChI=1S/C25H21N3O2/c1-18-15-23(22-9-5-6-10-24(22)27-18)25(29)28-26-16-19-11-13-21(14-12-19)30-17-20-7-3-2-4-8-20/h2-16H,17H2,1H3,(H,28,29)/b26-16-. The second kappa shape index (κ2) is 9.01. The van der Waals surface area contributed by atoms with Gasteiger partial charge in [-0.2, -0.15) is 5.10 Å². The maximum Gasteiger partial charge on any atom is 0.272 e. The molecule has 0 aliphatic heterocycles. The molecular formula is C25H21N3O2. The third-order valence-electron chi connectivity index (χ3n) is 4.60. The van der Waals surface area contributed by atoms with Gasteiger partial charge in [0, 0.05) is 11.1 Å². The maximum atomic E-state index is 12.6. The van der Waals surface area contributed by atoms with Crippen LogP contribution in [-0.4, -0.2) is 17.1 Å². The second-order valence-electron chi connectivity index (χ2n) is 6.87. The lowest BCUT2D eigenvalue weighted by atomic mass is 10.1. The Balaban J connectivity index is 1.38. The van der Waals surface area contributed by atoms with Gasteiger partial charge in [0.15, 0.2) is 0 Å². The molecule has 1 heterocycles. The van der Waals surface area contributed by atoms with Crippen LogP contribution < -0.4 is 10.2 Å². The summed E-state index contributed by atoms with van der Waals surface area (Å²) in [6.45, 7) is 2.39. The number of hydrogen-bond acceptors (Lipinski definition) is 4. The van der Waals surface area contributed by atoms with Crippen molar-refractivity contribution in [3.8, 4) is 5.75 Å². The Morgan fingerprint density at radius 3 is 2.53 bits per heavy atom. The summed E-state index contributed by atoms with van der Waals surface area (Å²) in [5.74, 6) is 0.509. The summed E-state index contributed by atoms with van der Waals surface area (Å²) >= 11 is 0. The molecule has 0 radical (unpaired) electrons. The molecule has 0 saturated heterocycles. The van der Waals surface area contributed by atoms with Crippen molar-refractivity contribution in [1.29, 1.82) is 0 Å². The smallest absolute Gasteiger partial charge is 0.272 e. The highest BCUT2D eigenvalue weighted by Crippen LogP contribution is 2.18. The summed E-state index contributed by atoms with van der Waals surface area (Å²) in [6, 6.07) is 26.9. The minimum Gasteiger partial charge on any atom is -0.489 e. The predicted molar refractivity (Wildman–Crippen MR) is 119 cm³/mol. The summed E-state index contributed by atoms with van der Waals surface area (Å²) in [5.41, 5.74) is 6.71. The molecule has 1 aromatic heterocycles. The fourth-order valence-electron chi connectivity index (χ4n) is 3.11. The van der Waals surface area contributed by atoms with Gasteiger partial charge in [-0.1, -0.05) is 48.5 Å². The molecule has 0 unspecified atom stereocenters. The van der Waals surface area contributed by atoms with Crippen molar-refractivity contribution >= 4 is 23.0 Å². The van der Waals surface area contributed by atoms with E-state index in [-0.39, 0.29) is 5.91 Å². The fraction of sp³-hybridized carbons (Fsp3) is 0.0800. The van der Waals surface area contributed by atoms with Crippen LogP contribution >= 0.6 is 0 Å². The summed E-state index contributed by atoms with van der Waals surface area (Å²) in [6.07, 6.45) is 1.61. The van der Waals surface area contributed by atoms with Crippen molar-refractivity contribution in [3.63, 3.8) is 0 Å². The molecule has 0 spiro atoms. The molecule has 30 heavy (non-hydrogen) atoms. The molecule has 5 nitrogen and oxygen atoms in total. The Morgan fingerprint density at radius 2 is 1.73 bits per heavy atom. The first kappa shape index (κ1) is 19.3. The minimum atomic E-state index is -0.268. The zero-order valence-corrected chi connectivity index (χ0v) is 16.6. The van der Waals surface area contributed by atoms with Crippen LogP contribution in [0.3, 0.4) is 0 Å². The number of benzene rings is 3. The number of rotatable bonds is 6. The van der Waals surface area contributed by atoms with E-state index in [1.165, 1.54) is 0 Å². The SMILES string of the molecule is Cc1cc(C(=O)N/N=C\c2ccc(OCc3ccccc3)cc2)c2ccccc2n1. The molecule has 0 aliphatic rings. The second-order valence-corrected chi connectivity index (χ2v) is 6.87. The Hall–Kier alpha value is -3.99. The number of fused-ring (bicyclic) bond motifs is 1. The number of para-hydroxylation sites is 1. The number of carbonyl (C=O) groups is 1. The number of ether oxygens (including phenoxy) is 1. The first-order valence-electron chi connectivity index (χ1n) is 9.65. The van der Waals surface area contributed by atoms with E-state index in [4.69, 9.17) is 4.74 Å². The lowest BCUT2D eigenvalue weighted by Gasteiger charge is -2.07. The molecule has 1 N–H and O–H groups in total. The summed E-state index contributed by atoms with van der Waals surface area (Å²) in [5, 5.41) is 4.89. The number of pyridine rings is 1. The van der Waals surface area contributed by atoms with Gasteiger partial charge in [-0.05, 0) is 54.4 Å². The highest BCUT2D eigenvalue weighted by Gasteiger charge is 2.10. The summed E-state index contributed by atoms with van der Waals surface area (Å²) < 4.78 is 5.78. The zero-order valence-electron chi connectivity index (χ0n) is 16.6. The molecule has 0 fully saturated rings. The first-order valence-corrected chi connectivity index (χ1v) is 9.65. The van der Waals surface area contributed by atoms with E-state index in [2.05, 4.69) is 15.5 Å². The number of aryl methyl sites for hydroxylation is 1. The first-order chi connectivity index (χ1) is 14.7. The Bertz CT molecular complexity index is 1190. The van der Waals surface area contributed by atoms with Crippen LogP contribution in [-0.2, 0) is 6.61 Å². The Morgan fingerprint density at radius 1 is 1.00 bits per heavy atom. The summed E-state index contributed by atoms with van der Waals surface area (Å²) in [7, 11) is 0. The minimum absolute atomic E-state index is 0.268. The Labute approximate surface area is 175 Å². The number of aromatic nitrogens is 1. The van der Waals surface area contributed by atoms with E-state index in [0.29, 0.717) is 12.2 Å². The molecule has 0 atom stereocenters. The van der Waals surface area contributed by atoms with Crippen molar-refractivity contribution in [2.75, 3.05) is 0 Å². The van der Waals surface area contributed by atoms with Gasteiger partial charge in [0.05, 0.1) is 17.3 Å². The van der Waals surface area contributed by atoms with Crippen LogP contribution in [0.25, 0.3) is 10.9 Å². The molecule has 4 rings (SSSR count). The summed E-state index contributed by atoms with van der Waals surface area (Å²) in [4.78, 5) is 17.1. The van der Waals surface area contributed by atoms with E-state index in [9.17, 15) is 4.79 Å². The van der Waals surface area contributed by atoms with Crippen LogP contribution in [0.15, 0.2) is 90.0 Å². The normalized spacial score (nSPS) is 11.0. The maximum absolute atomic E-state index is 12.6. The number of carbonyl (C=O) groups excluding carboxylic acids is 1. The molecule has 0 saturated carbocycles. The predicted octanol–water partition coefficient (Wildman–Crippen LogP) is 4.89. The van der Waals surface area contributed by atoms with Crippen LogP contribution in [0.1, 0.15) is 27.2 Å². The average molecular weight is 395 g/mol. The lowest BCUT2D eigenvalue weighted by molar-refractivity contribution is 0.0956. The zero-order chi connectivity index (χ0) is 20.8. The van der Waals surface area contributed by atoms with E-state index in [1.54, 1.807) is 12.3 Å². The van der Waals surface area contributed by atoms with Crippen molar-refractivity contribution in [2.24, 2.45) is 5.10 Å². The number of hydrogen-bond donors (Lipinski definition) is 1. The van der Waals surface area contributed by atoms with Gasteiger partial charge in [0.25, 0.3) is 5.91 Å². The van der Waals surface area contributed by atoms with Gasteiger partial charge in [0.1, 0.15) is 12.4 Å². The number of amides is 1. The highest BCUT2D eigenvalue weighted by atomic mass is 16.5. The fourth-order valence-corrected chi connectivity index (χ4v) is 3.11. The van der Waals surface area contributed by atoms with Crippen molar-refractivity contribution < 1.29 is 9.53 Å². The molecule has 3 aromatic carbocycles. The van der Waals surface area contributed by atoms with Gasteiger partial charge in [-0.25, -0.2) is 5.43 Å².